The summed E-state index contributed by atoms with van der Waals surface area (Å²) < 4.78 is 11.1. The molecule has 0 aliphatic carbocycles. The van der Waals surface area contributed by atoms with Crippen molar-refractivity contribution in [3.63, 3.8) is 0 Å². The Morgan fingerprint density at radius 3 is 1.81 bits per heavy atom. The van der Waals surface area contributed by atoms with Crippen molar-refractivity contribution in [2.75, 3.05) is 26.3 Å². The quantitative estimate of drug-likeness (QED) is 0.396. The molecule has 0 aliphatic heterocycles. The average molecular weight is 421 g/mol. The highest BCUT2D eigenvalue weighted by atomic mass is 16.5. The highest BCUT2D eigenvalue weighted by molar-refractivity contribution is 5.95. The van der Waals surface area contributed by atoms with E-state index < -0.39 is 0 Å². The maximum atomic E-state index is 12.3. The monoisotopic (exact) mass is 420 g/mol. The fourth-order valence-corrected chi connectivity index (χ4v) is 2.96. The molecule has 2 rings (SSSR count). The Morgan fingerprint density at radius 1 is 0.871 bits per heavy atom. The van der Waals surface area contributed by atoms with Gasteiger partial charge in [-0.1, -0.05) is 36.9 Å². The average Bonchev–Trinajstić information content (AvgIpc) is 2.75. The number of hydrogen-bond acceptors (Lipinski definition) is 5. The third-order valence-corrected chi connectivity index (χ3v) is 4.52. The zero-order chi connectivity index (χ0) is 22.6. The molecule has 0 bridgehead atoms. The molecule has 2 aromatic carbocycles. The Hall–Kier alpha value is -3.15. The molecule has 5 heteroatoms. The molecule has 0 heterocycles. The highest BCUT2D eigenvalue weighted by Gasteiger charge is 2.03. The van der Waals surface area contributed by atoms with Crippen molar-refractivity contribution in [3.8, 4) is 11.5 Å². The highest BCUT2D eigenvalue weighted by Crippen LogP contribution is 2.21. The summed E-state index contributed by atoms with van der Waals surface area (Å²) >= 11 is 0. The van der Waals surface area contributed by atoms with E-state index in [4.69, 9.17) is 20.9 Å². The maximum Gasteiger partial charge on any atom is 0.160 e. The van der Waals surface area contributed by atoms with Gasteiger partial charge in [-0.05, 0) is 72.0 Å². The summed E-state index contributed by atoms with van der Waals surface area (Å²) in [7, 11) is 0. The molecule has 0 radical (unpaired) electrons. The van der Waals surface area contributed by atoms with Crippen LogP contribution in [0.5, 0.6) is 11.5 Å². The Labute approximate surface area is 185 Å². The first-order valence-electron chi connectivity index (χ1n) is 10.4. The van der Waals surface area contributed by atoms with E-state index in [1.807, 2.05) is 68.5 Å². The Balaban J connectivity index is 1.90. The maximum absolute atomic E-state index is 12.3. The number of carbonyl (C=O) groups excluding carboxylic acids is 1. The number of nitrogens with two attached hydrogens (primary N) is 2. The zero-order valence-electron chi connectivity index (χ0n) is 18.4. The third kappa shape index (κ3) is 8.24. The van der Waals surface area contributed by atoms with Gasteiger partial charge in [-0.3, -0.25) is 4.79 Å². The van der Waals surface area contributed by atoms with Gasteiger partial charge in [-0.15, -0.1) is 0 Å². The lowest BCUT2D eigenvalue weighted by molar-refractivity contribution is -0.113. The molecular formula is C26H32N2O3. The smallest absolute Gasteiger partial charge is 0.160 e. The standard InChI is InChI=1S/C26H32N2O3/c1-19(4-5-22-7-10-25(20(2)17-22)30-14-12-27)16-24(29)9-6-23-8-11-26(21(3)18-23)31-15-13-28/h4-11,17-18H,1,12-16,27-28H2,2-3H3/b5-4+,9-6+. The summed E-state index contributed by atoms with van der Waals surface area (Å²) in [6.45, 7) is 9.89. The van der Waals surface area contributed by atoms with Crippen LogP contribution < -0.4 is 20.9 Å². The van der Waals surface area contributed by atoms with Crippen LogP contribution in [0.2, 0.25) is 0 Å². The largest absolute Gasteiger partial charge is 0.492 e. The van der Waals surface area contributed by atoms with Gasteiger partial charge in [0.2, 0.25) is 0 Å². The van der Waals surface area contributed by atoms with Gasteiger partial charge < -0.3 is 20.9 Å². The second-order valence-electron chi connectivity index (χ2n) is 7.29. The molecule has 0 atom stereocenters. The number of aryl methyl sites for hydroxylation is 2. The van der Waals surface area contributed by atoms with E-state index in [2.05, 4.69) is 6.58 Å². The first kappa shape index (κ1) is 24.1. The minimum atomic E-state index is -0.00234. The van der Waals surface area contributed by atoms with Crippen LogP contribution in [-0.4, -0.2) is 32.1 Å². The molecule has 0 spiro atoms. The van der Waals surface area contributed by atoms with Crippen LogP contribution in [0, 0.1) is 13.8 Å². The number of rotatable bonds is 12. The molecule has 0 aliphatic rings. The molecule has 31 heavy (non-hydrogen) atoms. The first-order chi connectivity index (χ1) is 14.9. The second-order valence-corrected chi connectivity index (χ2v) is 7.29. The molecule has 0 amide bonds. The van der Waals surface area contributed by atoms with Crippen LogP contribution in [-0.2, 0) is 4.79 Å². The van der Waals surface area contributed by atoms with E-state index in [-0.39, 0.29) is 12.2 Å². The lowest BCUT2D eigenvalue weighted by atomic mass is 10.1. The van der Waals surface area contributed by atoms with Crippen molar-refractivity contribution in [2.45, 2.75) is 20.3 Å². The zero-order valence-corrected chi connectivity index (χ0v) is 18.4. The molecule has 164 valence electrons. The van der Waals surface area contributed by atoms with Crippen molar-refractivity contribution < 1.29 is 14.3 Å². The van der Waals surface area contributed by atoms with E-state index in [0.717, 1.165) is 39.3 Å². The molecule has 0 aromatic heterocycles. The van der Waals surface area contributed by atoms with E-state index in [1.165, 1.54) is 0 Å². The van der Waals surface area contributed by atoms with E-state index in [0.29, 0.717) is 26.3 Å². The Morgan fingerprint density at radius 2 is 1.35 bits per heavy atom. The number of benzene rings is 2. The van der Waals surface area contributed by atoms with E-state index >= 15 is 0 Å². The fraction of sp³-hybridized carbons (Fsp3) is 0.269. The second kappa shape index (κ2) is 12.5. The van der Waals surface area contributed by atoms with Gasteiger partial charge in [0, 0.05) is 19.5 Å². The SMILES string of the molecule is C=C(/C=C/c1ccc(OCCN)c(C)c1)CC(=O)/C=C/c1ccc(OCCN)c(C)c1. The van der Waals surface area contributed by atoms with Crippen LogP contribution in [0.1, 0.15) is 28.7 Å². The minimum Gasteiger partial charge on any atom is -0.492 e. The van der Waals surface area contributed by atoms with Crippen LogP contribution in [0.25, 0.3) is 12.2 Å². The van der Waals surface area contributed by atoms with Crippen molar-refractivity contribution in [1.82, 2.24) is 0 Å². The number of carbonyl (C=O) groups is 1. The topological polar surface area (TPSA) is 87.6 Å². The normalized spacial score (nSPS) is 11.2. The molecule has 0 saturated carbocycles. The predicted octanol–water partition coefficient (Wildman–Crippen LogP) is 4.22. The van der Waals surface area contributed by atoms with Gasteiger partial charge in [0.25, 0.3) is 0 Å². The molecule has 0 fully saturated rings. The summed E-state index contributed by atoms with van der Waals surface area (Å²) in [5.74, 6) is 1.63. The van der Waals surface area contributed by atoms with Crippen molar-refractivity contribution >= 4 is 17.9 Å². The van der Waals surface area contributed by atoms with Crippen molar-refractivity contribution in [2.24, 2.45) is 11.5 Å². The Kier molecular flexibility index (Phi) is 9.75. The van der Waals surface area contributed by atoms with Gasteiger partial charge in [0.15, 0.2) is 5.78 Å². The first-order valence-corrected chi connectivity index (χ1v) is 10.4. The van der Waals surface area contributed by atoms with Gasteiger partial charge in [-0.25, -0.2) is 0 Å². The van der Waals surface area contributed by atoms with Gasteiger partial charge >= 0.3 is 0 Å². The summed E-state index contributed by atoms with van der Waals surface area (Å²) in [4.78, 5) is 12.3. The lowest BCUT2D eigenvalue weighted by Gasteiger charge is -2.08. The predicted molar refractivity (Wildman–Crippen MR) is 128 cm³/mol. The molecule has 2 aromatic rings. The molecular weight excluding hydrogens is 388 g/mol. The van der Waals surface area contributed by atoms with E-state index in [1.54, 1.807) is 6.08 Å². The van der Waals surface area contributed by atoms with Crippen LogP contribution in [0.3, 0.4) is 0 Å². The molecule has 4 N–H and O–H groups in total. The third-order valence-electron chi connectivity index (χ3n) is 4.52. The minimum absolute atomic E-state index is 0.00234. The Bertz CT molecular complexity index is 884. The number of hydrogen-bond donors (Lipinski definition) is 2. The summed E-state index contributed by atoms with van der Waals surface area (Å²) in [5, 5.41) is 0. The van der Waals surface area contributed by atoms with Gasteiger partial charge in [0.1, 0.15) is 24.7 Å². The summed E-state index contributed by atoms with van der Waals surface area (Å²) in [6, 6.07) is 11.7. The number of ether oxygens (including phenoxy) is 2. The van der Waals surface area contributed by atoms with E-state index in [9.17, 15) is 4.79 Å². The number of ketones is 1. The molecule has 5 nitrogen and oxygen atoms in total. The number of allylic oxidation sites excluding steroid dienone is 3. The van der Waals surface area contributed by atoms with Gasteiger partial charge in [-0.2, -0.15) is 0 Å². The van der Waals surface area contributed by atoms with Crippen molar-refractivity contribution in [3.05, 3.63) is 83.0 Å². The lowest BCUT2D eigenvalue weighted by Crippen LogP contribution is -2.11. The van der Waals surface area contributed by atoms with Crippen molar-refractivity contribution in [1.29, 1.82) is 0 Å². The molecule has 0 unspecified atom stereocenters. The molecule has 0 saturated heterocycles. The van der Waals surface area contributed by atoms with Crippen LogP contribution in [0.15, 0.2) is 60.7 Å². The van der Waals surface area contributed by atoms with Crippen LogP contribution in [0.4, 0.5) is 0 Å². The fourth-order valence-electron chi connectivity index (χ4n) is 2.96. The van der Waals surface area contributed by atoms with Gasteiger partial charge in [0.05, 0.1) is 0 Å². The summed E-state index contributed by atoms with van der Waals surface area (Å²) in [6.07, 6.45) is 7.47. The van der Waals surface area contributed by atoms with Crippen LogP contribution >= 0.6 is 0 Å². The summed E-state index contributed by atoms with van der Waals surface area (Å²) in [5.41, 5.74) is 15.7.